The Bertz CT molecular complexity index is 870. The third-order valence-corrected chi connectivity index (χ3v) is 5.20. The van der Waals surface area contributed by atoms with Crippen LogP contribution in [-0.4, -0.2) is 21.7 Å². The first kappa shape index (κ1) is 15.8. The second kappa shape index (κ2) is 6.65. The summed E-state index contributed by atoms with van der Waals surface area (Å²) in [6.45, 7) is 0.490. The maximum Gasteiger partial charge on any atom is 0.163 e. The number of rotatable bonds is 3. The van der Waals surface area contributed by atoms with E-state index < -0.39 is 0 Å². The van der Waals surface area contributed by atoms with Crippen LogP contribution in [0.3, 0.4) is 0 Å². The average Bonchev–Trinajstić information content (AvgIpc) is 2.78. The molecule has 0 unspecified atom stereocenters. The van der Waals surface area contributed by atoms with Gasteiger partial charge in [0.2, 0.25) is 0 Å². The van der Waals surface area contributed by atoms with Crippen LogP contribution in [0.4, 0.5) is 0 Å². The Morgan fingerprint density at radius 3 is 2.71 bits per heavy atom. The molecule has 24 heavy (non-hydrogen) atoms. The van der Waals surface area contributed by atoms with E-state index >= 15 is 0 Å². The summed E-state index contributed by atoms with van der Waals surface area (Å²) in [7, 11) is 1.71. The third-order valence-electron chi connectivity index (χ3n) is 4.68. The molecule has 0 atom stereocenters. The van der Waals surface area contributed by atoms with Crippen molar-refractivity contribution in [2.24, 2.45) is 0 Å². The summed E-state index contributed by atoms with van der Waals surface area (Å²) >= 11 is 3.50. The SMILES string of the molecule is COCc1nn2c3c(cnc2c1-c1ccc(Br)cc1)CCCCC3. The van der Waals surface area contributed by atoms with Crippen molar-refractivity contribution in [3.05, 3.63) is 51.9 Å². The fourth-order valence-electron chi connectivity index (χ4n) is 3.52. The minimum absolute atomic E-state index is 0.490. The molecule has 1 aliphatic carbocycles. The van der Waals surface area contributed by atoms with E-state index in [1.807, 2.05) is 0 Å². The van der Waals surface area contributed by atoms with Crippen molar-refractivity contribution in [2.45, 2.75) is 38.7 Å². The summed E-state index contributed by atoms with van der Waals surface area (Å²) in [5.74, 6) is 0. The van der Waals surface area contributed by atoms with E-state index in [-0.39, 0.29) is 0 Å². The van der Waals surface area contributed by atoms with Crippen molar-refractivity contribution < 1.29 is 4.74 Å². The Balaban J connectivity index is 1.95. The lowest BCUT2D eigenvalue weighted by Crippen LogP contribution is -2.04. The molecule has 5 heteroatoms. The monoisotopic (exact) mass is 385 g/mol. The Morgan fingerprint density at radius 2 is 1.92 bits per heavy atom. The van der Waals surface area contributed by atoms with Crippen molar-refractivity contribution in [1.82, 2.24) is 14.6 Å². The molecule has 0 amide bonds. The molecule has 2 heterocycles. The van der Waals surface area contributed by atoms with E-state index in [0.717, 1.165) is 39.8 Å². The molecule has 0 saturated heterocycles. The molecule has 1 aromatic carbocycles. The van der Waals surface area contributed by atoms with Crippen LogP contribution >= 0.6 is 15.9 Å². The highest BCUT2D eigenvalue weighted by Crippen LogP contribution is 2.31. The molecule has 4 nitrogen and oxygen atoms in total. The van der Waals surface area contributed by atoms with Gasteiger partial charge in [-0.05, 0) is 48.9 Å². The Labute approximate surface area is 150 Å². The fraction of sp³-hybridized carbons (Fsp3) is 0.368. The molecule has 0 N–H and O–H groups in total. The molecular formula is C19H20BrN3O. The molecular weight excluding hydrogens is 366 g/mol. The lowest BCUT2D eigenvalue weighted by atomic mass is 10.1. The van der Waals surface area contributed by atoms with Gasteiger partial charge in [-0.15, -0.1) is 0 Å². The van der Waals surface area contributed by atoms with Gasteiger partial charge in [-0.25, -0.2) is 9.50 Å². The molecule has 3 aromatic rings. The average molecular weight is 386 g/mol. The van der Waals surface area contributed by atoms with Crippen LogP contribution in [0.2, 0.25) is 0 Å². The van der Waals surface area contributed by atoms with E-state index in [2.05, 4.69) is 50.9 Å². The third kappa shape index (κ3) is 2.76. The van der Waals surface area contributed by atoms with Gasteiger partial charge in [0.1, 0.15) is 0 Å². The van der Waals surface area contributed by atoms with Crippen molar-refractivity contribution in [3.8, 4) is 11.1 Å². The highest BCUT2D eigenvalue weighted by molar-refractivity contribution is 9.10. The number of nitrogens with zero attached hydrogens (tertiary/aromatic N) is 3. The minimum Gasteiger partial charge on any atom is -0.378 e. The zero-order valence-electron chi connectivity index (χ0n) is 13.8. The van der Waals surface area contributed by atoms with Gasteiger partial charge in [0, 0.05) is 23.5 Å². The van der Waals surface area contributed by atoms with Gasteiger partial charge in [-0.1, -0.05) is 34.5 Å². The number of fused-ring (bicyclic) bond motifs is 3. The number of ether oxygens (including phenoxy) is 1. The number of hydrogen-bond acceptors (Lipinski definition) is 3. The highest BCUT2D eigenvalue weighted by atomic mass is 79.9. The maximum atomic E-state index is 5.40. The number of aromatic nitrogens is 3. The van der Waals surface area contributed by atoms with Gasteiger partial charge >= 0.3 is 0 Å². The topological polar surface area (TPSA) is 39.4 Å². The first-order valence-electron chi connectivity index (χ1n) is 8.41. The minimum atomic E-state index is 0.490. The summed E-state index contributed by atoms with van der Waals surface area (Å²) in [4.78, 5) is 4.77. The van der Waals surface area contributed by atoms with Crippen LogP contribution in [0.25, 0.3) is 16.8 Å². The Morgan fingerprint density at radius 1 is 1.12 bits per heavy atom. The highest BCUT2D eigenvalue weighted by Gasteiger charge is 2.20. The van der Waals surface area contributed by atoms with Crippen LogP contribution in [0.1, 0.15) is 36.2 Å². The van der Waals surface area contributed by atoms with Crippen LogP contribution in [0, 0.1) is 0 Å². The van der Waals surface area contributed by atoms with Crippen molar-refractivity contribution >= 4 is 21.6 Å². The summed E-state index contributed by atoms with van der Waals surface area (Å²) in [5, 5.41) is 4.87. The molecule has 0 fully saturated rings. The molecule has 4 rings (SSSR count). The number of aryl methyl sites for hydroxylation is 2. The maximum absolute atomic E-state index is 5.40. The van der Waals surface area contributed by atoms with Gasteiger partial charge < -0.3 is 4.74 Å². The van der Waals surface area contributed by atoms with Gasteiger partial charge in [-0.2, -0.15) is 5.10 Å². The fourth-order valence-corrected chi connectivity index (χ4v) is 3.78. The normalized spacial score (nSPS) is 14.6. The Kier molecular flexibility index (Phi) is 4.37. The molecule has 2 aromatic heterocycles. The smallest absolute Gasteiger partial charge is 0.163 e. The van der Waals surface area contributed by atoms with Crippen LogP contribution < -0.4 is 0 Å². The number of halogens is 1. The van der Waals surface area contributed by atoms with E-state index in [9.17, 15) is 0 Å². The first-order valence-corrected chi connectivity index (χ1v) is 9.20. The summed E-state index contributed by atoms with van der Waals surface area (Å²) < 4.78 is 8.53. The standard InChI is InChI=1S/C19H20BrN3O/c1-24-12-16-18(13-7-9-15(20)10-8-13)19-21-11-14-5-3-2-4-6-17(14)23(19)22-16/h7-11H,2-6,12H2,1H3. The number of benzene rings is 1. The van der Waals surface area contributed by atoms with Crippen LogP contribution in [0.15, 0.2) is 34.9 Å². The zero-order chi connectivity index (χ0) is 16.5. The summed E-state index contributed by atoms with van der Waals surface area (Å²) in [5.41, 5.74) is 6.75. The molecule has 124 valence electrons. The van der Waals surface area contributed by atoms with Crippen molar-refractivity contribution in [3.63, 3.8) is 0 Å². The predicted octanol–water partition coefficient (Wildman–Crippen LogP) is 4.57. The molecule has 0 spiro atoms. The van der Waals surface area contributed by atoms with Gasteiger partial charge in [0.25, 0.3) is 0 Å². The lowest BCUT2D eigenvalue weighted by molar-refractivity contribution is 0.181. The van der Waals surface area contributed by atoms with Gasteiger partial charge in [-0.3, -0.25) is 0 Å². The van der Waals surface area contributed by atoms with Gasteiger partial charge in [0.05, 0.1) is 17.9 Å². The molecule has 0 bridgehead atoms. The van der Waals surface area contributed by atoms with E-state index in [4.69, 9.17) is 14.8 Å². The number of hydrogen-bond donors (Lipinski definition) is 0. The largest absolute Gasteiger partial charge is 0.378 e. The Hall–Kier alpha value is -1.72. The van der Waals surface area contributed by atoms with E-state index in [0.29, 0.717) is 6.61 Å². The van der Waals surface area contributed by atoms with E-state index in [1.54, 1.807) is 7.11 Å². The molecule has 1 aliphatic rings. The lowest BCUT2D eigenvalue weighted by Gasteiger charge is -2.08. The van der Waals surface area contributed by atoms with Crippen LogP contribution in [0.5, 0.6) is 0 Å². The summed E-state index contributed by atoms with van der Waals surface area (Å²) in [6.07, 6.45) is 7.97. The predicted molar refractivity (Wildman–Crippen MR) is 98.1 cm³/mol. The second-order valence-electron chi connectivity index (χ2n) is 6.29. The van der Waals surface area contributed by atoms with Crippen LogP contribution in [-0.2, 0) is 24.2 Å². The molecule has 0 radical (unpaired) electrons. The summed E-state index contributed by atoms with van der Waals surface area (Å²) in [6, 6.07) is 8.32. The first-order chi connectivity index (χ1) is 11.8. The number of methoxy groups -OCH3 is 1. The second-order valence-corrected chi connectivity index (χ2v) is 7.20. The van der Waals surface area contributed by atoms with Crippen molar-refractivity contribution in [1.29, 1.82) is 0 Å². The zero-order valence-corrected chi connectivity index (χ0v) is 15.3. The molecule has 0 saturated carbocycles. The molecule has 0 aliphatic heterocycles. The van der Waals surface area contributed by atoms with Crippen molar-refractivity contribution in [2.75, 3.05) is 7.11 Å². The quantitative estimate of drug-likeness (QED) is 0.619. The van der Waals surface area contributed by atoms with Gasteiger partial charge in [0.15, 0.2) is 5.65 Å². The van der Waals surface area contributed by atoms with E-state index in [1.165, 1.54) is 30.5 Å².